The Bertz CT molecular complexity index is 4780. The van der Waals surface area contributed by atoms with E-state index in [9.17, 15) is 0 Å². The maximum absolute atomic E-state index is 7.36. The highest BCUT2D eigenvalue weighted by Crippen LogP contribution is 2.54. The largest absolute Gasteiger partial charge is 0.453 e. The number of fused-ring (bicyclic) bond motifs is 6. The first kappa shape index (κ1) is 50.1. The third-order valence-electron chi connectivity index (χ3n) is 17.6. The maximum atomic E-state index is 7.36. The summed E-state index contributed by atoms with van der Waals surface area (Å²) in [5, 5.41) is 11.9. The molecule has 12 aromatic carbocycles. The lowest BCUT2D eigenvalue weighted by atomic mass is 9.84. The van der Waals surface area contributed by atoms with E-state index in [1.807, 2.05) is 0 Å². The highest BCUT2D eigenvalue weighted by molar-refractivity contribution is 6.30. The van der Waals surface area contributed by atoms with Gasteiger partial charge in [-0.05, 0) is 160 Å². The van der Waals surface area contributed by atoms with Crippen molar-refractivity contribution in [1.82, 2.24) is 0 Å². The molecule has 4 heteroatoms. The summed E-state index contributed by atoms with van der Waals surface area (Å²) < 4.78 is 14.7. The quantitative estimate of drug-likeness (QED) is 0.114. The second-order valence-electron chi connectivity index (χ2n) is 23.0. The summed E-state index contributed by atoms with van der Waals surface area (Å²) >= 11 is 0. The van der Waals surface area contributed by atoms with E-state index in [4.69, 9.17) is 8.83 Å². The summed E-state index contributed by atoms with van der Waals surface area (Å²) in [6.07, 6.45) is 1.87. The molecule has 0 radical (unpaired) electrons. The Kier molecular flexibility index (Phi) is 12.1. The van der Waals surface area contributed by atoms with Gasteiger partial charge in [0.25, 0.3) is 0 Å². The summed E-state index contributed by atoms with van der Waals surface area (Å²) in [6.45, 7) is 20.4. The summed E-state index contributed by atoms with van der Waals surface area (Å²) in [6, 6.07) is 74.6. The number of benzene rings is 12. The number of hydrogen-bond acceptors (Lipinski definition) is 4. The molecule has 0 unspecified atom stereocenters. The topological polar surface area (TPSA) is 32.8 Å². The van der Waals surface area contributed by atoms with Crippen molar-refractivity contribution in [3.8, 4) is 22.3 Å². The molecule has 0 saturated carbocycles. The molecule has 0 spiro atoms. The summed E-state index contributed by atoms with van der Waals surface area (Å²) in [7, 11) is 0. The van der Waals surface area contributed by atoms with Crippen LogP contribution in [0.2, 0.25) is 0 Å². The van der Waals surface area contributed by atoms with Crippen molar-refractivity contribution in [2.75, 3.05) is 9.80 Å². The third kappa shape index (κ3) is 7.93. The average molecular weight is 1050 g/mol. The van der Waals surface area contributed by atoms with Gasteiger partial charge in [-0.15, -0.1) is 0 Å². The first-order chi connectivity index (χ1) is 39.5. The van der Waals surface area contributed by atoms with Crippen molar-refractivity contribution in [2.45, 2.75) is 87.0 Å². The molecule has 0 N–H and O–H groups in total. The third-order valence-corrected chi connectivity index (χ3v) is 17.6. The van der Waals surface area contributed by atoms with Gasteiger partial charge in [0.2, 0.25) is 0 Å². The van der Waals surface area contributed by atoms with Gasteiger partial charge >= 0.3 is 0 Å². The molecule has 14 aromatic rings. The van der Waals surface area contributed by atoms with Gasteiger partial charge in [0, 0.05) is 54.8 Å². The van der Waals surface area contributed by atoms with Crippen LogP contribution in [0.3, 0.4) is 0 Å². The van der Waals surface area contributed by atoms with Crippen LogP contribution in [0, 0.1) is 20.8 Å². The van der Waals surface area contributed by atoms with E-state index < -0.39 is 0 Å². The molecule has 0 aliphatic heterocycles. The second-order valence-corrected chi connectivity index (χ2v) is 23.0. The Labute approximate surface area is 474 Å². The fraction of sp³-hybridized carbons (Fsp3) is 0.169. The lowest BCUT2D eigenvalue weighted by molar-refractivity contribution is 0.669. The fourth-order valence-electron chi connectivity index (χ4n) is 13.3. The molecule has 0 bridgehead atoms. The van der Waals surface area contributed by atoms with Gasteiger partial charge in [0.15, 0.2) is 11.2 Å². The number of furan rings is 2. The van der Waals surface area contributed by atoms with Crippen LogP contribution in [0.1, 0.15) is 92.3 Å². The average Bonchev–Trinajstić information content (AvgIpc) is 3.71. The molecule has 14 rings (SSSR count). The first-order valence-corrected chi connectivity index (χ1v) is 29.1. The highest BCUT2D eigenvalue weighted by Gasteiger charge is 2.29. The Morgan fingerprint density at radius 1 is 0.333 bits per heavy atom. The van der Waals surface area contributed by atoms with E-state index in [1.165, 1.54) is 82.4 Å². The summed E-state index contributed by atoms with van der Waals surface area (Å²) in [5.74, 6) is 0.429. The Hall–Kier alpha value is -9.12. The van der Waals surface area contributed by atoms with Crippen LogP contribution >= 0.6 is 0 Å². The molecule has 0 atom stereocenters. The standard InChI is InChI=1S/C77H66N2O2/c1-10-50-20-12-14-22-54(50)58-24-16-26-60-62-28-18-30-68(76(62)80-74(58)60)78(52-35-32-47(7)33-36-52)70-43-66(45(3)4)56-39-41-65-71(44-67(46(5)6)57-38-40-64(70)72(56)73(57)65)79(53-37-34-48(8)49(9)42-53)69-31-19-29-63-61-27-17-25-59(75(61)81-77(63)69)55-23-15-13-21-51(55)11-2/h12-46H,10-11H2,1-9H3. The van der Waals surface area contributed by atoms with Crippen molar-refractivity contribution < 1.29 is 8.83 Å². The molecule has 4 nitrogen and oxygen atoms in total. The predicted octanol–water partition coefficient (Wildman–Crippen LogP) is 23.0. The Balaban J connectivity index is 1.07. The van der Waals surface area contributed by atoms with E-state index in [-0.39, 0.29) is 11.8 Å². The Morgan fingerprint density at radius 3 is 1.20 bits per heavy atom. The lowest BCUT2D eigenvalue weighted by Gasteiger charge is -2.31. The maximum Gasteiger partial charge on any atom is 0.159 e. The van der Waals surface area contributed by atoms with Gasteiger partial charge in [-0.25, -0.2) is 0 Å². The second kappa shape index (κ2) is 19.6. The molecule has 2 heterocycles. The number of hydrogen-bond donors (Lipinski definition) is 0. The predicted molar refractivity (Wildman–Crippen MR) is 346 cm³/mol. The molecule has 0 amide bonds. The van der Waals surface area contributed by atoms with Crippen molar-refractivity contribution in [1.29, 1.82) is 0 Å². The molecule has 0 saturated heterocycles. The van der Waals surface area contributed by atoms with Crippen molar-refractivity contribution >= 4 is 110 Å². The van der Waals surface area contributed by atoms with Gasteiger partial charge in [-0.1, -0.05) is 199 Å². The van der Waals surface area contributed by atoms with Crippen LogP contribution in [0.4, 0.5) is 34.1 Å². The summed E-state index contributed by atoms with van der Waals surface area (Å²) in [4.78, 5) is 4.97. The minimum absolute atomic E-state index is 0.214. The normalized spacial score (nSPS) is 12.1. The van der Waals surface area contributed by atoms with Crippen molar-refractivity contribution in [3.63, 3.8) is 0 Å². The SMILES string of the molecule is CCc1ccccc1-c1cccc2c1oc1c(N(c3ccc(C)cc3)c3cc(C(C)C)c4ccc5c(N(c6ccc(C)c(C)c6)c6cccc7c6oc6c(-c8ccccc8CC)cccc67)cc(C(C)C)c6ccc3c4c65)cccc12. The van der Waals surface area contributed by atoms with Gasteiger partial charge < -0.3 is 18.6 Å². The zero-order chi connectivity index (χ0) is 55.4. The molecular formula is C77H66N2O2. The smallest absolute Gasteiger partial charge is 0.159 e. The number of rotatable bonds is 12. The number of anilines is 6. The monoisotopic (exact) mass is 1050 g/mol. The minimum Gasteiger partial charge on any atom is -0.453 e. The fourth-order valence-corrected chi connectivity index (χ4v) is 13.3. The van der Waals surface area contributed by atoms with E-state index >= 15 is 0 Å². The van der Waals surface area contributed by atoms with Crippen molar-refractivity contribution in [3.05, 3.63) is 239 Å². The van der Waals surface area contributed by atoms with Crippen LogP contribution < -0.4 is 9.80 Å². The number of aryl methyl sites for hydroxylation is 5. The van der Waals surface area contributed by atoms with Gasteiger partial charge in [0.05, 0.1) is 22.7 Å². The van der Waals surface area contributed by atoms with Crippen LogP contribution in [0.25, 0.3) is 98.4 Å². The van der Waals surface area contributed by atoms with Gasteiger partial charge in [-0.2, -0.15) is 0 Å². The van der Waals surface area contributed by atoms with E-state index in [1.54, 1.807) is 0 Å². The number of nitrogens with zero attached hydrogens (tertiary/aromatic N) is 2. The van der Waals surface area contributed by atoms with Crippen LogP contribution in [-0.2, 0) is 12.8 Å². The molecular weight excluding hydrogens is 985 g/mol. The first-order valence-electron chi connectivity index (χ1n) is 29.1. The number of para-hydroxylation sites is 4. The molecule has 2 aromatic heterocycles. The summed E-state index contributed by atoms with van der Waals surface area (Å²) in [5.41, 5.74) is 23.5. The molecule has 81 heavy (non-hydrogen) atoms. The van der Waals surface area contributed by atoms with E-state index in [0.717, 1.165) is 102 Å². The lowest BCUT2D eigenvalue weighted by Crippen LogP contribution is -2.13. The molecule has 396 valence electrons. The van der Waals surface area contributed by atoms with E-state index in [2.05, 4.69) is 272 Å². The van der Waals surface area contributed by atoms with E-state index in [0.29, 0.717) is 0 Å². The van der Waals surface area contributed by atoms with Crippen molar-refractivity contribution in [2.24, 2.45) is 0 Å². The highest BCUT2D eigenvalue weighted by atomic mass is 16.3. The molecule has 0 aliphatic carbocycles. The minimum atomic E-state index is 0.214. The Morgan fingerprint density at radius 2 is 0.741 bits per heavy atom. The zero-order valence-corrected chi connectivity index (χ0v) is 47.8. The van der Waals surface area contributed by atoms with Gasteiger partial charge in [-0.3, -0.25) is 0 Å². The van der Waals surface area contributed by atoms with Crippen LogP contribution in [0.15, 0.2) is 209 Å². The van der Waals surface area contributed by atoms with Crippen LogP contribution in [0.5, 0.6) is 0 Å². The zero-order valence-electron chi connectivity index (χ0n) is 47.8. The molecule has 0 fully saturated rings. The van der Waals surface area contributed by atoms with Crippen LogP contribution in [-0.4, -0.2) is 0 Å². The van der Waals surface area contributed by atoms with Gasteiger partial charge in [0.1, 0.15) is 11.2 Å². The molecule has 0 aliphatic rings.